The molecule has 1 fully saturated rings. The van der Waals surface area contributed by atoms with Crippen LogP contribution >= 0.6 is 11.6 Å². The molecular weight excluding hydrogens is 334 g/mol. The standard InChI is InChI=1S/C20H26ClN3O/c1-3-9-17-19(20(25)23-12-6-5-7-13-23)18(4-2)24(22-17)16-11-8-10-15(21)14-16/h8,10-11,14H,3-7,9,12-13H2,1-2H3. The number of carbonyl (C=O) groups excluding carboxylic acids is 1. The number of hydrogen-bond acceptors (Lipinski definition) is 2. The molecule has 2 heterocycles. The molecule has 134 valence electrons. The Bertz CT molecular complexity index is 747. The van der Waals surface area contributed by atoms with Gasteiger partial charge in [0.2, 0.25) is 0 Å². The predicted molar refractivity (Wildman–Crippen MR) is 102 cm³/mol. The molecule has 0 unspecified atom stereocenters. The van der Waals surface area contributed by atoms with Crippen LogP contribution in [0.3, 0.4) is 0 Å². The van der Waals surface area contributed by atoms with Crippen molar-refractivity contribution in [2.45, 2.75) is 52.4 Å². The Morgan fingerprint density at radius 3 is 2.60 bits per heavy atom. The van der Waals surface area contributed by atoms with E-state index in [1.807, 2.05) is 33.8 Å². The number of amides is 1. The molecule has 0 aliphatic carbocycles. The minimum Gasteiger partial charge on any atom is -0.339 e. The van der Waals surface area contributed by atoms with Crippen molar-refractivity contribution in [2.75, 3.05) is 13.1 Å². The first-order valence-electron chi connectivity index (χ1n) is 9.31. The molecule has 0 spiro atoms. The van der Waals surface area contributed by atoms with Gasteiger partial charge < -0.3 is 4.90 Å². The quantitative estimate of drug-likeness (QED) is 0.778. The molecule has 1 aliphatic rings. The number of carbonyl (C=O) groups is 1. The summed E-state index contributed by atoms with van der Waals surface area (Å²) in [6.45, 7) is 5.92. The smallest absolute Gasteiger partial charge is 0.257 e. The number of halogens is 1. The van der Waals surface area contributed by atoms with Gasteiger partial charge in [-0.1, -0.05) is 37.9 Å². The van der Waals surface area contributed by atoms with E-state index < -0.39 is 0 Å². The summed E-state index contributed by atoms with van der Waals surface area (Å²) in [5.74, 6) is 0.147. The third-order valence-corrected chi connectivity index (χ3v) is 5.02. The Labute approximate surface area is 154 Å². The summed E-state index contributed by atoms with van der Waals surface area (Å²) in [4.78, 5) is 15.2. The number of nitrogens with zero attached hydrogens (tertiary/aromatic N) is 3. The maximum absolute atomic E-state index is 13.2. The van der Waals surface area contributed by atoms with Crippen molar-refractivity contribution in [3.63, 3.8) is 0 Å². The fourth-order valence-electron chi connectivity index (χ4n) is 3.57. The molecule has 2 aromatic rings. The van der Waals surface area contributed by atoms with Crippen molar-refractivity contribution in [1.82, 2.24) is 14.7 Å². The zero-order chi connectivity index (χ0) is 17.8. The lowest BCUT2D eigenvalue weighted by Gasteiger charge is -2.27. The van der Waals surface area contributed by atoms with Gasteiger partial charge >= 0.3 is 0 Å². The highest BCUT2D eigenvalue weighted by Gasteiger charge is 2.27. The lowest BCUT2D eigenvalue weighted by molar-refractivity contribution is 0.0722. The van der Waals surface area contributed by atoms with E-state index in [9.17, 15) is 4.79 Å². The molecule has 4 nitrogen and oxygen atoms in total. The van der Waals surface area contributed by atoms with E-state index in [2.05, 4.69) is 13.8 Å². The maximum Gasteiger partial charge on any atom is 0.257 e. The van der Waals surface area contributed by atoms with Crippen LogP contribution in [-0.2, 0) is 12.8 Å². The molecule has 5 heteroatoms. The van der Waals surface area contributed by atoms with Gasteiger partial charge in [-0.15, -0.1) is 0 Å². The second-order valence-electron chi connectivity index (χ2n) is 6.62. The van der Waals surface area contributed by atoms with E-state index in [0.717, 1.165) is 67.8 Å². The van der Waals surface area contributed by atoms with Crippen molar-refractivity contribution in [3.05, 3.63) is 46.2 Å². The van der Waals surface area contributed by atoms with Crippen LogP contribution < -0.4 is 0 Å². The van der Waals surface area contributed by atoms with Crippen LogP contribution in [0.2, 0.25) is 5.02 Å². The van der Waals surface area contributed by atoms with E-state index in [1.54, 1.807) is 0 Å². The van der Waals surface area contributed by atoms with Gasteiger partial charge in [0.1, 0.15) is 0 Å². The first-order valence-corrected chi connectivity index (χ1v) is 9.69. The van der Waals surface area contributed by atoms with Crippen LogP contribution in [0.4, 0.5) is 0 Å². The Balaban J connectivity index is 2.07. The summed E-state index contributed by atoms with van der Waals surface area (Å²) >= 11 is 6.17. The maximum atomic E-state index is 13.2. The molecule has 1 aliphatic heterocycles. The fraction of sp³-hybridized carbons (Fsp3) is 0.500. The van der Waals surface area contributed by atoms with Crippen molar-refractivity contribution in [2.24, 2.45) is 0 Å². The van der Waals surface area contributed by atoms with Crippen molar-refractivity contribution < 1.29 is 4.79 Å². The highest BCUT2D eigenvalue weighted by Crippen LogP contribution is 2.25. The molecule has 1 amide bonds. The average molecular weight is 360 g/mol. The summed E-state index contributed by atoms with van der Waals surface area (Å²) in [6, 6.07) is 7.67. The number of aryl methyl sites for hydroxylation is 1. The minimum atomic E-state index is 0.147. The van der Waals surface area contributed by atoms with Crippen LogP contribution in [0, 0.1) is 0 Å². The zero-order valence-corrected chi connectivity index (χ0v) is 15.9. The third kappa shape index (κ3) is 3.74. The number of aromatic nitrogens is 2. The van der Waals surface area contributed by atoms with Crippen LogP contribution in [0.25, 0.3) is 5.69 Å². The third-order valence-electron chi connectivity index (χ3n) is 4.79. The lowest BCUT2D eigenvalue weighted by Crippen LogP contribution is -2.36. The first-order chi connectivity index (χ1) is 12.2. The van der Waals surface area contributed by atoms with E-state index in [4.69, 9.17) is 16.7 Å². The second-order valence-corrected chi connectivity index (χ2v) is 7.05. The topological polar surface area (TPSA) is 38.1 Å². The van der Waals surface area contributed by atoms with Crippen LogP contribution in [0.1, 0.15) is 61.3 Å². The van der Waals surface area contributed by atoms with Gasteiger partial charge in [-0.3, -0.25) is 4.79 Å². The number of piperidine rings is 1. The van der Waals surface area contributed by atoms with E-state index in [1.165, 1.54) is 6.42 Å². The lowest BCUT2D eigenvalue weighted by atomic mass is 10.0. The van der Waals surface area contributed by atoms with E-state index >= 15 is 0 Å². The van der Waals surface area contributed by atoms with E-state index in [-0.39, 0.29) is 5.91 Å². The molecule has 1 saturated heterocycles. The monoisotopic (exact) mass is 359 g/mol. The van der Waals surface area contributed by atoms with Gasteiger partial charge in [0.05, 0.1) is 22.6 Å². The summed E-state index contributed by atoms with van der Waals surface area (Å²) in [5, 5.41) is 5.49. The number of hydrogen-bond donors (Lipinski definition) is 0. The Morgan fingerprint density at radius 1 is 1.20 bits per heavy atom. The van der Waals surface area contributed by atoms with Gasteiger partial charge in [0.15, 0.2) is 0 Å². The molecule has 0 bridgehead atoms. The van der Waals surface area contributed by atoms with Crippen molar-refractivity contribution in [1.29, 1.82) is 0 Å². The Morgan fingerprint density at radius 2 is 1.96 bits per heavy atom. The molecule has 0 saturated carbocycles. The predicted octanol–water partition coefficient (Wildman–Crippen LogP) is 4.67. The average Bonchev–Trinajstić information content (AvgIpc) is 3.00. The Hall–Kier alpha value is -1.81. The minimum absolute atomic E-state index is 0.147. The SMILES string of the molecule is CCCc1nn(-c2cccc(Cl)c2)c(CC)c1C(=O)N1CCCCC1. The Kier molecular flexibility index (Phi) is 5.79. The number of likely N-dealkylation sites (tertiary alicyclic amines) is 1. The molecule has 0 N–H and O–H groups in total. The van der Waals surface area contributed by atoms with Gasteiger partial charge in [0.25, 0.3) is 5.91 Å². The van der Waals surface area contributed by atoms with Crippen molar-refractivity contribution >= 4 is 17.5 Å². The molecular formula is C20H26ClN3O. The number of rotatable bonds is 5. The normalized spacial score (nSPS) is 14.8. The molecule has 3 rings (SSSR count). The van der Waals surface area contributed by atoms with Gasteiger partial charge in [-0.2, -0.15) is 5.10 Å². The molecule has 0 atom stereocenters. The molecule has 25 heavy (non-hydrogen) atoms. The molecule has 1 aromatic carbocycles. The largest absolute Gasteiger partial charge is 0.339 e. The molecule has 0 radical (unpaired) electrons. The fourth-order valence-corrected chi connectivity index (χ4v) is 3.75. The zero-order valence-electron chi connectivity index (χ0n) is 15.1. The summed E-state index contributed by atoms with van der Waals surface area (Å²) < 4.78 is 1.91. The summed E-state index contributed by atoms with van der Waals surface area (Å²) in [5.41, 5.74) is 3.63. The van der Waals surface area contributed by atoms with Gasteiger partial charge in [-0.05, 0) is 50.3 Å². The highest BCUT2D eigenvalue weighted by molar-refractivity contribution is 6.30. The van der Waals surface area contributed by atoms with Crippen molar-refractivity contribution in [3.8, 4) is 5.69 Å². The van der Waals surface area contributed by atoms with Crippen LogP contribution in [-0.4, -0.2) is 33.7 Å². The first kappa shape index (κ1) is 18.0. The number of benzene rings is 1. The highest BCUT2D eigenvalue weighted by atomic mass is 35.5. The second kappa shape index (κ2) is 8.05. The van der Waals surface area contributed by atoms with Crippen LogP contribution in [0.5, 0.6) is 0 Å². The summed E-state index contributed by atoms with van der Waals surface area (Å²) in [6.07, 6.45) is 5.95. The molecule has 1 aromatic heterocycles. The van der Waals surface area contributed by atoms with E-state index in [0.29, 0.717) is 5.02 Å². The van der Waals surface area contributed by atoms with Gasteiger partial charge in [0, 0.05) is 18.1 Å². The van der Waals surface area contributed by atoms with Gasteiger partial charge in [-0.25, -0.2) is 4.68 Å². The van der Waals surface area contributed by atoms with Crippen LogP contribution in [0.15, 0.2) is 24.3 Å². The summed E-state index contributed by atoms with van der Waals surface area (Å²) in [7, 11) is 0.